The van der Waals surface area contributed by atoms with Crippen molar-refractivity contribution < 1.29 is 28.1 Å². The maximum absolute atomic E-state index is 12.3. The Morgan fingerprint density at radius 2 is 1.55 bits per heavy atom. The van der Waals surface area contributed by atoms with Gasteiger partial charge in [-0.3, -0.25) is 0 Å². The predicted octanol–water partition coefficient (Wildman–Crippen LogP) is 3.24. The molecule has 2 aromatic carbocycles. The topological polar surface area (TPSA) is 47.9 Å². The van der Waals surface area contributed by atoms with Gasteiger partial charge < -0.3 is 19.3 Å². The average Bonchev–Trinajstić information content (AvgIpc) is 2.52. The number of ether oxygens (including phenoxy) is 3. The van der Waals surface area contributed by atoms with Crippen LogP contribution in [0.2, 0.25) is 0 Å². The van der Waals surface area contributed by atoms with E-state index in [2.05, 4.69) is 4.74 Å². The van der Waals surface area contributed by atoms with Gasteiger partial charge in [-0.15, -0.1) is 0 Å². The van der Waals surface area contributed by atoms with Gasteiger partial charge in [-0.05, 0) is 30.3 Å². The molecule has 2 rings (SSSR count). The summed E-state index contributed by atoms with van der Waals surface area (Å²) in [5.74, 6) is 1.28. The fraction of sp³-hybridized carbons (Fsp3) is 0.250. The smallest absolute Gasteiger partial charge is 0.387 e. The lowest BCUT2D eigenvalue weighted by Gasteiger charge is -2.12. The van der Waals surface area contributed by atoms with Crippen LogP contribution in [0.3, 0.4) is 0 Å². The van der Waals surface area contributed by atoms with Crippen LogP contribution in [0, 0.1) is 0 Å². The van der Waals surface area contributed by atoms with Gasteiger partial charge in [0, 0.05) is 5.56 Å². The van der Waals surface area contributed by atoms with Gasteiger partial charge in [0.15, 0.2) is 0 Å². The molecule has 22 heavy (non-hydrogen) atoms. The van der Waals surface area contributed by atoms with Gasteiger partial charge in [0.1, 0.15) is 30.5 Å². The number of benzene rings is 2. The number of aliphatic hydroxyl groups excluding tert-OH is 1. The Labute approximate surface area is 126 Å². The second-order valence-corrected chi connectivity index (χ2v) is 4.32. The van der Waals surface area contributed by atoms with Gasteiger partial charge in [0.05, 0.1) is 6.61 Å². The number of aliphatic hydroxyl groups is 1. The van der Waals surface area contributed by atoms with Crippen molar-refractivity contribution >= 4 is 0 Å². The highest BCUT2D eigenvalue weighted by molar-refractivity contribution is 5.34. The molecule has 0 bridgehead atoms. The number of hydrogen-bond donors (Lipinski definition) is 1. The Morgan fingerprint density at radius 1 is 0.909 bits per heavy atom. The molecule has 2 aromatic rings. The van der Waals surface area contributed by atoms with Crippen LogP contribution in [-0.2, 0) is 6.61 Å². The molecule has 0 fully saturated rings. The summed E-state index contributed by atoms with van der Waals surface area (Å²) >= 11 is 0. The zero-order valence-electron chi connectivity index (χ0n) is 11.7. The second kappa shape index (κ2) is 8.19. The summed E-state index contributed by atoms with van der Waals surface area (Å²) in [4.78, 5) is 0. The SMILES string of the molecule is OCCOc1ccc(OCc2ccccc2OC(F)F)cc1. The van der Waals surface area contributed by atoms with Crippen LogP contribution < -0.4 is 14.2 Å². The van der Waals surface area contributed by atoms with E-state index in [4.69, 9.17) is 14.6 Å². The molecular weight excluding hydrogens is 294 g/mol. The summed E-state index contributed by atoms with van der Waals surface area (Å²) in [6.07, 6.45) is 0. The Balaban J connectivity index is 1.95. The normalized spacial score (nSPS) is 10.5. The molecular formula is C16H16F2O4. The zero-order valence-corrected chi connectivity index (χ0v) is 11.7. The summed E-state index contributed by atoms with van der Waals surface area (Å²) in [5.41, 5.74) is 0.531. The van der Waals surface area contributed by atoms with Gasteiger partial charge in [-0.25, -0.2) is 0 Å². The first-order valence-corrected chi connectivity index (χ1v) is 6.68. The highest BCUT2D eigenvalue weighted by atomic mass is 19.3. The number of rotatable bonds is 8. The van der Waals surface area contributed by atoms with Gasteiger partial charge in [0.25, 0.3) is 0 Å². The lowest BCUT2D eigenvalue weighted by atomic mass is 10.2. The molecule has 1 N–H and O–H groups in total. The third kappa shape index (κ3) is 4.89. The molecule has 0 saturated carbocycles. The molecule has 0 aliphatic rings. The molecule has 0 unspecified atom stereocenters. The Bertz CT molecular complexity index is 573. The van der Waals surface area contributed by atoms with Crippen molar-refractivity contribution in [1.82, 2.24) is 0 Å². The van der Waals surface area contributed by atoms with Crippen molar-refractivity contribution in [3.63, 3.8) is 0 Å². The lowest BCUT2D eigenvalue weighted by Crippen LogP contribution is -2.06. The van der Waals surface area contributed by atoms with E-state index in [1.54, 1.807) is 42.5 Å². The number of hydrogen-bond acceptors (Lipinski definition) is 4. The van der Waals surface area contributed by atoms with E-state index in [1.165, 1.54) is 6.07 Å². The van der Waals surface area contributed by atoms with Crippen LogP contribution in [0.1, 0.15) is 5.56 Å². The fourth-order valence-electron chi connectivity index (χ4n) is 1.79. The van der Waals surface area contributed by atoms with E-state index in [0.29, 0.717) is 17.1 Å². The van der Waals surface area contributed by atoms with Crippen molar-refractivity contribution in [3.05, 3.63) is 54.1 Å². The molecule has 0 aliphatic carbocycles. The molecule has 0 aromatic heterocycles. The highest BCUT2D eigenvalue weighted by Crippen LogP contribution is 2.23. The van der Waals surface area contributed by atoms with Crippen molar-refractivity contribution in [2.45, 2.75) is 13.2 Å². The number of alkyl halides is 2. The summed E-state index contributed by atoms with van der Waals surface area (Å²) in [6.45, 7) is -2.60. The molecule has 0 spiro atoms. The first-order chi connectivity index (χ1) is 10.7. The molecule has 0 aliphatic heterocycles. The van der Waals surface area contributed by atoms with Gasteiger partial charge >= 0.3 is 6.61 Å². The molecule has 0 heterocycles. The van der Waals surface area contributed by atoms with E-state index in [-0.39, 0.29) is 25.6 Å². The second-order valence-electron chi connectivity index (χ2n) is 4.32. The monoisotopic (exact) mass is 310 g/mol. The molecule has 6 heteroatoms. The third-order valence-electron chi connectivity index (χ3n) is 2.77. The molecule has 0 radical (unpaired) electrons. The van der Waals surface area contributed by atoms with Gasteiger partial charge in [-0.1, -0.05) is 18.2 Å². The van der Waals surface area contributed by atoms with Crippen LogP contribution in [0.4, 0.5) is 8.78 Å². The first kappa shape index (κ1) is 16.0. The molecule has 118 valence electrons. The van der Waals surface area contributed by atoms with Crippen LogP contribution in [0.15, 0.2) is 48.5 Å². The summed E-state index contributed by atoms with van der Waals surface area (Å²) < 4.78 is 39.8. The molecule has 4 nitrogen and oxygen atoms in total. The van der Waals surface area contributed by atoms with E-state index >= 15 is 0 Å². The van der Waals surface area contributed by atoms with Gasteiger partial charge in [-0.2, -0.15) is 8.78 Å². The lowest BCUT2D eigenvalue weighted by molar-refractivity contribution is -0.0508. The largest absolute Gasteiger partial charge is 0.491 e. The van der Waals surface area contributed by atoms with Crippen molar-refractivity contribution in [3.8, 4) is 17.2 Å². The van der Waals surface area contributed by atoms with Crippen LogP contribution in [0.5, 0.6) is 17.2 Å². The van der Waals surface area contributed by atoms with Gasteiger partial charge in [0.2, 0.25) is 0 Å². The summed E-state index contributed by atoms with van der Waals surface area (Å²) in [7, 11) is 0. The average molecular weight is 310 g/mol. The number of halogens is 2. The standard InChI is InChI=1S/C16H16F2O4/c17-16(18)22-15-4-2-1-3-12(15)11-21-14-7-5-13(6-8-14)20-10-9-19/h1-8,16,19H,9-11H2. The van der Waals surface area contributed by atoms with Crippen molar-refractivity contribution in [2.75, 3.05) is 13.2 Å². The Morgan fingerprint density at radius 3 is 2.18 bits per heavy atom. The highest BCUT2D eigenvalue weighted by Gasteiger charge is 2.09. The minimum absolute atomic E-state index is 0.0564. The molecule has 0 atom stereocenters. The summed E-state index contributed by atoms with van der Waals surface area (Å²) in [5, 5.41) is 8.67. The third-order valence-corrected chi connectivity index (χ3v) is 2.77. The maximum atomic E-state index is 12.3. The molecule has 0 saturated heterocycles. The van der Waals surface area contributed by atoms with Crippen LogP contribution in [-0.4, -0.2) is 24.9 Å². The van der Waals surface area contributed by atoms with Crippen LogP contribution >= 0.6 is 0 Å². The Kier molecular flexibility index (Phi) is 5.97. The Hall–Kier alpha value is -2.34. The first-order valence-electron chi connectivity index (χ1n) is 6.68. The fourth-order valence-corrected chi connectivity index (χ4v) is 1.79. The van der Waals surface area contributed by atoms with E-state index < -0.39 is 6.61 Å². The van der Waals surface area contributed by atoms with Crippen molar-refractivity contribution in [1.29, 1.82) is 0 Å². The summed E-state index contributed by atoms with van der Waals surface area (Å²) in [6, 6.07) is 13.3. The van der Waals surface area contributed by atoms with E-state index in [1.807, 2.05) is 0 Å². The van der Waals surface area contributed by atoms with E-state index in [0.717, 1.165) is 0 Å². The minimum atomic E-state index is -2.87. The quantitative estimate of drug-likeness (QED) is 0.813. The number of para-hydroxylation sites is 1. The van der Waals surface area contributed by atoms with Crippen molar-refractivity contribution in [2.24, 2.45) is 0 Å². The maximum Gasteiger partial charge on any atom is 0.387 e. The molecule has 0 amide bonds. The minimum Gasteiger partial charge on any atom is -0.491 e. The van der Waals surface area contributed by atoms with Crippen LogP contribution in [0.25, 0.3) is 0 Å². The predicted molar refractivity (Wildman–Crippen MR) is 76.4 cm³/mol. The zero-order chi connectivity index (χ0) is 15.8. The van der Waals surface area contributed by atoms with E-state index in [9.17, 15) is 8.78 Å².